The maximum absolute atomic E-state index is 6.01. The molecule has 2 rings (SSSR count). The van der Waals surface area contributed by atoms with Crippen LogP contribution in [0, 0.1) is 6.92 Å². The fourth-order valence-electron chi connectivity index (χ4n) is 1.94. The highest BCUT2D eigenvalue weighted by atomic mass is 79.9. The molecule has 4 heteroatoms. The molecule has 20 heavy (non-hydrogen) atoms. The molecule has 0 fully saturated rings. The van der Waals surface area contributed by atoms with Gasteiger partial charge in [0.2, 0.25) is 0 Å². The summed E-state index contributed by atoms with van der Waals surface area (Å²) in [5, 5.41) is 1.01. The minimum atomic E-state index is 0.251. The molecule has 1 aromatic carbocycles. The molecule has 0 aliphatic heterocycles. The van der Waals surface area contributed by atoms with Crippen molar-refractivity contribution >= 4 is 27.7 Å². The summed E-state index contributed by atoms with van der Waals surface area (Å²) < 4.78 is 1.00. The van der Waals surface area contributed by atoms with Crippen molar-refractivity contribution in [2.75, 3.05) is 0 Å². The van der Waals surface area contributed by atoms with Crippen molar-refractivity contribution in [3.63, 3.8) is 0 Å². The van der Waals surface area contributed by atoms with E-state index in [2.05, 4.69) is 53.0 Å². The van der Waals surface area contributed by atoms with Crippen molar-refractivity contribution in [1.82, 2.24) is 4.98 Å². The standard InChI is InChI=1S/C16H19BrN2S/c1-3-14(18)9-12-4-6-15(11(2)8-12)20-16-7-5-13(17)10-19-16/h4-8,10,14H,3,9,18H2,1-2H3. The quantitative estimate of drug-likeness (QED) is 0.857. The van der Waals surface area contributed by atoms with E-state index in [0.717, 1.165) is 22.3 Å². The number of pyridine rings is 1. The van der Waals surface area contributed by atoms with Gasteiger partial charge in [0, 0.05) is 21.6 Å². The van der Waals surface area contributed by atoms with Crippen LogP contribution in [0.3, 0.4) is 0 Å². The van der Waals surface area contributed by atoms with Gasteiger partial charge in [0.05, 0.1) is 0 Å². The molecule has 0 radical (unpaired) electrons. The molecule has 0 spiro atoms. The maximum Gasteiger partial charge on any atom is 0.101 e. The van der Waals surface area contributed by atoms with Gasteiger partial charge in [0.15, 0.2) is 0 Å². The van der Waals surface area contributed by atoms with Gasteiger partial charge in [-0.3, -0.25) is 0 Å². The second-order valence-corrected chi connectivity index (χ2v) is 6.87. The highest BCUT2D eigenvalue weighted by Crippen LogP contribution is 2.30. The van der Waals surface area contributed by atoms with E-state index in [1.165, 1.54) is 16.0 Å². The van der Waals surface area contributed by atoms with Gasteiger partial charge in [-0.15, -0.1) is 0 Å². The minimum Gasteiger partial charge on any atom is -0.327 e. The zero-order valence-electron chi connectivity index (χ0n) is 11.8. The van der Waals surface area contributed by atoms with Crippen LogP contribution in [0.1, 0.15) is 24.5 Å². The minimum absolute atomic E-state index is 0.251. The normalized spacial score (nSPS) is 12.4. The van der Waals surface area contributed by atoms with Gasteiger partial charge < -0.3 is 5.73 Å². The summed E-state index contributed by atoms with van der Waals surface area (Å²) in [5.41, 5.74) is 8.60. The number of aryl methyl sites for hydroxylation is 1. The van der Waals surface area contributed by atoms with Gasteiger partial charge in [-0.25, -0.2) is 4.98 Å². The van der Waals surface area contributed by atoms with Crippen molar-refractivity contribution in [2.24, 2.45) is 5.73 Å². The van der Waals surface area contributed by atoms with Crippen molar-refractivity contribution in [1.29, 1.82) is 0 Å². The summed E-state index contributed by atoms with van der Waals surface area (Å²) >= 11 is 5.09. The number of hydrogen-bond donors (Lipinski definition) is 1. The number of benzene rings is 1. The third-order valence-corrected chi connectivity index (χ3v) is 4.77. The predicted molar refractivity (Wildman–Crippen MR) is 89.2 cm³/mol. The first kappa shape index (κ1) is 15.5. The molecule has 2 nitrogen and oxygen atoms in total. The highest BCUT2D eigenvalue weighted by Gasteiger charge is 2.06. The van der Waals surface area contributed by atoms with Crippen LogP contribution in [0.5, 0.6) is 0 Å². The van der Waals surface area contributed by atoms with E-state index in [-0.39, 0.29) is 6.04 Å². The van der Waals surface area contributed by atoms with E-state index < -0.39 is 0 Å². The van der Waals surface area contributed by atoms with Crippen molar-refractivity contribution < 1.29 is 0 Å². The van der Waals surface area contributed by atoms with Crippen LogP contribution in [0.2, 0.25) is 0 Å². The number of nitrogens with zero attached hydrogens (tertiary/aromatic N) is 1. The maximum atomic E-state index is 6.01. The average molecular weight is 351 g/mol. The molecule has 2 N–H and O–H groups in total. The van der Waals surface area contributed by atoms with Crippen LogP contribution in [-0.4, -0.2) is 11.0 Å². The zero-order chi connectivity index (χ0) is 14.5. The Morgan fingerprint density at radius 2 is 2.10 bits per heavy atom. The Bertz CT molecular complexity index is 569. The fraction of sp³-hybridized carbons (Fsp3) is 0.312. The second-order valence-electron chi connectivity index (χ2n) is 4.89. The molecule has 2 aromatic rings. The summed E-state index contributed by atoms with van der Waals surface area (Å²) in [4.78, 5) is 5.64. The van der Waals surface area contributed by atoms with E-state index in [1.54, 1.807) is 11.8 Å². The first-order valence-corrected chi connectivity index (χ1v) is 8.34. The molecule has 106 valence electrons. The summed E-state index contributed by atoms with van der Waals surface area (Å²) in [6.45, 7) is 4.27. The summed E-state index contributed by atoms with van der Waals surface area (Å²) in [6.07, 6.45) is 3.78. The van der Waals surface area contributed by atoms with Crippen LogP contribution in [0.4, 0.5) is 0 Å². The molecular weight excluding hydrogens is 332 g/mol. The molecule has 1 atom stereocenters. The summed E-state index contributed by atoms with van der Waals surface area (Å²) in [5.74, 6) is 0. The van der Waals surface area contributed by atoms with Gasteiger partial charge in [-0.2, -0.15) is 0 Å². The number of hydrogen-bond acceptors (Lipinski definition) is 3. The van der Waals surface area contributed by atoms with E-state index in [4.69, 9.17) is 5.73 Å². The van der Waals surface area contributed by atoms with Crippen LogP contribution < -0.4 is 5.73 Å². The Hall–Kier alpha value is -0.840. The van der Waals surface area contributed by atoms with Crippen LogP contribution in [0.15, 0.2) is 50.9 Å². The third kappa shape index (κ3) is 4.33. The molecule has 0 saturated heterocycles. The molecule has 0 amide bonds. The van der Waals surface area contributed by atoms with Gasteiger partial charge in [-0.05, 0) is 65.0 Å². The average Bonchev–Trinajstić information content (AvgIpc) is 2.44. The first-order valence-electron chi connectivity index (χ1n) is 6.73. The highest BCUT2D eigenvalue weighted by molar-refractivity contribution is 9.10. The van der Waals surface area contributed by atoms with Crippen molar-refractivity contribution in [3.05, 3.63) is 52.1 Å². The van der Waals surface area contributed by atoms with Gasteiger partial charge >= 0.3 is 0 Å². The monoisotopic (exact) mass is 350 g/mol. The fourth-order valence-corrected chi connectivity index (χ4v) is 2.99. The summed E-state index contributed by atoms with van der Waals surface area (Å²) in [7, 11) is 0. The van der Waals surface area contributed by atoms with E-state index in [1.807, 2.05) is 18.3 Å². The molecular formula is C16H19BrN2S. The molecule has 0 aliphatic carbocycles. The summed E-state index contributed by atoms with van der Waals surface area (Å²) in [6, 6.07) is 10.9. The number of aromatic nitrogens is 1. The lowest BCUT2D eigenvalue weighted by atomic mass is 10.0. The van der Waals surface area contributed by atoms with Crippen LogP contribution in [-0.2, 0) is 6.42 Å². The first-order chi connectivity index (χ1) is 9.58. The Morgan fingerprint density at radius 1 is 1.30 bits per heavy atom. The predicted octanol–water partition coefficient (Wildman–Crippen LogP) is 4.58. The van der Waals surface area contributed by atoms with Crippen LogP contribution >= 0.6 is 27.7 Å². The molecule has 1 aromatic heterocycles. The topological polar surface area (TPSA) is 38.9 Å². The van der Waals surface area contributed by atoms with E-state index in [9.17, 15) is 0 Å². The van der Waals surface area contributed by atoms with Crippen molar-refractivity contribution in [3.8, 4) is 0 Å². The molecule has 1 heterocycles. The molecule has 1 unspecified atom stereocenters. The van der Waals surface area contributed by atoms with E-state index in [0.29, 0.717) is 0 Å². The molecule has 0 bridgehead atoms. The Morgan fingerprint density at radius 3 is 2.70 bits per heavy atom. The lowest BCUT2D eigenvalue weighted by Gasteiger charge is -2.11. The molecule has 0 aliphatic rings. The lowest BCUT2D eigenvalue weighted by Crippen LogP contribution is -2.21. The Kier molecular flexibility index (Phi) is 5.64. The molecule has 0 saturated carbocycles. The zero-order valence-corrected chi connectivity index (χ0v) is 14.2. The number of nitrogens with two attached hydrogens (primary N) is 1. The van der Waals surface area contributed by atoms with Crippen molar-refractivity contribution in [2.45, 2.75) is 42.7 Å². The second kappa shape index (κ2) is 7.25. The number of halogens is 1. The largest absolute Gasteiger partial charge is 0.327 e. The Balaban J connectivity index is 2.11. The van der Waals surface area contributed by atoms with Gasteiger partial charge in [0.1, 0.15) is 5.03 Å². The smallest absolute Gasteiger partial charge is 0.101 e. The van der Waals surface area contributed by atoms with Crippen LogP contribution in [0.25, 0.3) is 0 Å². The van der Waals surface area contributed by atoms with E-state index >= 15 is 0 Å². The van der Waals surface area contributed by atoms with Gasteiger partial charge in [-0.1, -0.05) is 30.8 Å². The SMILES string of the molecule is CCC(N)Cc1ccc(Sc2ccc(Br)cn2)c(C)c1. The lowest BCUT2D eigenvalue weighted by molar-refractivity contribution is 0.646. The number of rotatable bonds is 5. The third-order valence-electron chi connectivity index (χ3n) is 3.18. The Labute approximate surface area is 133 Å². The van der Waals surface area contributed by atoms with Gasteiger partial charge in [0.25, 0.3) is 0 Å².